The highest BCUT2D eigenvalue weighted by Crippen LogP contribution is 2.49. The number of nitrogens with one attached hydrogen (secondary N) is 3. The van der Waals surface area contributed by atoms with Crippen LogP contribution in [0.3, 0.4) is 0 Å². The smallest absolute Gasteiger partial charge is 0.342 e. The number of carbonyl (C=O) groups is 1. The summed E-state index contributed by atoms with van der Waals surface area (Å²) in [5.41, 5.74) is -1.22. The van der Waals surface area contributed by atoms with E-state index in [-0.39, 0.29) is 22.7 Å². The summed E-state index contributed by atoms with van der Waals surface area (Å²) in [6.45, 7) is 2.07. The second-order valence-corrected chi connectivity index (χ2v) is 7.26. The van der Waals surface area contributed by atoms with Crippen molar-refractivity contribution in [1.29, 1.82) is 0 Å². The first kappa shape index (κ1) is 15.3. The van der Waals surface area contributed by atoms with Gasteiger partial charge in [0, 0.05) is 6.04 Å². The average molecular weight is 324 g/mol. The second kappa shape index (κ2) is 6.28. The second-order valence-electron chi connectivity index (χ2n) is 6.30. The molecule has 1 amide bonds. The molecule has 3 rings (SSSR count). The van der Waals surface area contributed by atoms with Crippen LogP contribution in [-0.4, -0.2) is 32.9 Å². The number of fused-ring (bicyclic) bond motifs is 2. The average Bonchev–Trinajstić information content (AvgIpc) is 3.09. The molecule has 1 heterocycles. The van der Waals surface area contributed by atoms with Gasteiger partial charge in [0.15, 0.2) is 5.03 Å². The van der Waals surface area contributed by atoms with Gasteiger partial charge in [0.25, 0.3) is 5.56 Å². The van der Waals surface area contributed by atoms with E-state index in [1.165, 1.54) is 25.7 Å². The summed E-state index contributed by atoms with van der Waals surface area (Å²) >= 11 is 1.03. The molecule has 2 aliphatic carbocycles. The Balaban J connectivity index is 1.50. The van der Waals surface area contributed by atoms with Crippen LogP contribution in [0.4, 0.5) is 0 Å². The lowest BCUT2D eigenvalue weighted by Crippen LogP contribution is -2.41. The summed E-state index contributed by atoms with van der Waals surface area (Å²) in [6.07, 6.45) is 5.18. The molecule has 2 fully saturated rings. The maximum Gasteiger partial charge on any atom is 0.342 e. The molecule has 0 spiro atoms. The first-order valence-corrected chi connectivity index (χ1v) is 8.62. The van der Waals surface area contributed by atoms with Crippen molar-refractivity contribution >= 4 is 17.7 Å². The van der Waals surface area contributed by atoms with E-state index in [0.717, 1.165) is 23.6 Å². The molecule has 2 saturated carbocycles. The maximum atomic E-state index is 12.0. The number of aromatic amines is 2. The van der Waals surface area contributed by atoms with Gasteiger partial charge >= 0.3 is 5.69 Å². The van der Waals surface area contributed by atoms with Crippen LogP contribution < -0.4 is 16.6 Å². The predicted molar refractivity (Wildman–Crippen MR) is 82.7 cm³/mol. The number of nitrogens with zero attached hydrogens (tertiary/aromatic N) is 1. The van der Waals surface area contributed by atoms with Crippen molar-refractivity contribution in [3.8, 4) is 0 Å². The molecule has 7 nitrogen and oxygen atoms in total. The molecule has 0 radical (unpaired) electrons. The van der Waals surface area contributed by atoms with E-state index in [2.05, 4.69) is 27.4 Å². The molecule has 3 N–H and O–H groups in total. The van der Waals surface area contributed by atoms with Crippen molar-refractivity contribution in [2.45, 2.75) is 43.7 Å². The molecule has 120 valence electrons. The van der Waals surface area contributed by atoms with Gasteiger partial charge < -0.3 is 5.32 Å². The van der Waals surface area contributed by atoms with Crippen LogP contribution in [-0.2, 0) is 4.79 Å². The fourth-order valence-corrected chi connectivity index (χ4v) is 4.52. The highest BCUT2D eigenvalue weighted by atomic mass is 32.2. The van der Waals surface area contributed by atoms with E-state index in [1.807, 2.05) is 0 Å². The highest BCUT2D eigenvalue weighted by Gasteiger charge is 2.42. The Morgan fingerprint density at radius 1 is 1.41 bits per heavy atom. The molecule has 0 unspecified atom stereocenters. The minimum atomic E-state index is -0.649. The van der Waals surface area contributed by atoms with E-state index < -0.39 is 11.2 Å². The van der Waals surface area contributed by atoms with Crippen molar-refractivity contribution in [2.24, 2.45) is 17.8 Å². The van der Waals surface area contributed by atoms with Gasteiger partial charge in [-0.15, -0.1) is 0 Å². The zero-order chi connectivity index (χ0) is 15.7. The number of carbonyl (C=O) groups excluding carboxylic acids is 1. The molecule has 8 heteroatoms. The Kier molecular flexibility index (Phi) is 4.37. The molecule has 2 bridgehead atoms. The Bertz CT molecular complexity index is 671. The zero-order valence-electron chi connectivity index (χ0n) is 12.4. The number of hydrogen-bond acceptors (Lipinski definition) is 5. The molecule has 0 saturated heterocycles. The van der Waals surface area contributed by atoms with E-state index >= 15 is 0 Å². The van der Waals surface area contributed by atoms with Crippen LogP contribution in [0.25, 0.3) is 0 Å². The molecule has 0 aromatic carbocycles. The fourth-order valence-electron chi connectivity index (χ4n) is 3.88. The molecular weight excluding hydrogens is 304 g/mol. The van der Waals surface area contributed by atoms with Crippen molar-refractivity contribution in [3.05, 3.63) is 20.8 Å². The Hall–Kier alpha value is -1.57. The number of hydrogen-bond donors (Lipinski definition) is 3. The largest absolute Gasteiger partial charge is 0.353 e. The van der Waals surface area contributed by atoms with Crippen LogP contribution in [0, 0.1) is 17.8 Å². The lowest BCUT2D eigenvalue weighted by molar-refractivity contribution is -0.119. The zero-order valence-corrected chi connectivity index (χ0v) is 13.2. The van der Waals surface area contributed by atoms with Crippen LogP contribution in [0.15, 0.2) is 14.6 Å². The third-order valence-electron chi connectivity index (χ3n) is 4.84. The Morgan fingerprint density at radius 2 is 2.23 bits per heavy atom. The third-order valence-corrected chi connectivity index (χ3v) is 5.80. The van der Waals surface area contributed by atoms with Crippen molar-refractivity contribution in [2.75, 3.05) is 5.75 Å². The van der Waals surface area contributed by atoms with Gasteiger partial charge in [-0.2, -0.15) is 5.10 Å². The van der Waals surface area contributed by atoms with Gasteiger partial charge in [0.05, 0.1) is 5.75 Å². The minimum Gasteiger partial charge on any atom is -0.353 e. The molecular formula is C14H20N4O3S. The SMILES string of the molecule is C[C@@H](NC(=O)CSc1n[nH]c(=O)[nH]c1=O)[C@@H]1C[C@@H]2CC[C@H]1C2. The highest BCUT2D eigenvalue weighted by molar-refractivity contribution is 7.99. The summed E-state index contributed by atoms with van der Waals surface area (Å²) in [5.74, 6) is 2.21. The maximum absolute atomic E-state index is 12.0. The molecule has 1 aromatic rings. The predicted octanol–water partition coefficient (Wildman–Crippen LogP) is 0.491. The summed E-state index contributed by atoms with van der Waals surface area (Å²) in [7, 11) is 0. The first-order chi connectivity index (χ1) is 10.5. The number of thioether (sulfide) groups is 1. The van der Waals surface area contributed by atoms with Gasteiger partial charge in [-0.1, -0.05) is 18.2 Å². The molecule has 2 aliphatic rings. The molecule has 22 heavy (non-hydrogen) atoms. The number of aromatic nitrogens is 3. The van der Waals surface area contributed by atoms with Crippen LogP contribution >= 0.6 is 11.8 Å². The van der Waals surface area contributed by atoms with Crippen molar-refractivity contribution < 1.29 is 4.79 Å². The quantitative estimate of drug-likeness (QED) is 0.683. The topological polar surface area (TPSA) is 108 Å². The van der Waals surface area contributed by atoms with Crippen LogP contribution in [0.5, 0.6) is 0 Å². The Morgan fingerprint density at radius 3 is 2.86 bits per heavy atom. The van der Waals surface area contributed by atoms with Gasteiger partial charge in [-0.3, -0.25) is 14.6 Å². The number of amides is 1. The molecule has 1 aromatic heterocycles. The van der Waals surface area contributed by atoms with E-state index in [0.29, 0.717) is 5.92 Å². The normalized spacial score (nSPS) is 27.8. The van der Waals surface area contributed by atoms with E-state index in [4.69, 9.17) is 0 Å². The Labute approximate surface area is 131 Å². The summed E-state index contributed by atoms with van der Waals surface area (Å²) < 4.78 is 0. The fraction of sp³-hybridized carbons (Fsp3) is 0.714. The molecule has 0 aliphatic heterocycles. The van der Waals surface area contributed by atoms with Gasteiger partial charge in [-0.25, -0.2) is 9.89 Å². The minimum absolute atomic E-state index is 0.0994. The summed E-state index contributed by atoms with van der Waals surface area (Å²) in [4.78, 5) is 36.5. The molecule has 4 atom stereocenters. The van der Waals surface area contributed by atoms with Gasteiger partial charge in [0.1, 0.15) is 0 Å². The summed E-state index contributed by atoms with van der Waals surface area (Å²) in [6, 6.07) is 0.172. The van der Waals surface area contributed by atoms with Crippen LogP contribution in [0.2, 0.25) is 0 Å². The first-order valence-electron chi connectivity index (χ1n) is 7.64. The van der Waals surface area contributed by atoms with E-state index in [1.54, 1.807) is 0 Å². The lowest BCUT2D eigenvalue weighted by atomic mass is 9.84. The number of H-pyrrole nitrogens is 2. The lowest BCUT2D eigenvalue weighted by Gasteiger charge is -2.28. The van der Waals surface area contributed by atoms with E-state index in [9.17, 15) is 14.4 Å². The summed E-state index contributed by atoms with van der Waals surface area (Å²) in [5, 5.41) is 8.93. The standard InChI is InChI=1S/C14H20N4O3S/c1-7(10-5-8-2-3-9(10)4-8)15-11(19)6-22-13-12(20)16-14(21)18-17-13/h7-10H,2-6H2,1H3,(H,15,19)(H2,16,18,20,21)/t7-,8-,9+,10+/m1/s1. The van der Waals surface area contributed by atoms with Crippen molar-refractivity contribution in [1.82, 2.24) is 20.5 Å². The van der Waals surface area contributed by atoms with Crippen molar-refractivity contribution in [3.63, 3.8) is 0 Å². The third kappa shape index (κ3) is 3.26. The monoisotopic (exact) mass is 324 g/mol. The van der Waals surface area contributed by atoms with Crippen LogP contribution in [0.1, 0.15) is 32.6 Å². The van der Waals surface area contributed by atoms with Gasteiger partial charge in [0.2, 0.25) is 5.91 Å². The van der Waals surface area contributed by atoms with Gasteiger partial charge in [-0.05, 0) is 43.9 Å². The number of rotatable bonds is 5.